The standard InChI is InChI=1S/C18H29N3O2/c1-4-19-18(21-15-7-5-6-8-15)20-12-11-14-13-16(22-2)9-10-17(14)23-3/h9-10,13,15H,4-8,11-12H2,1-3H3,(H2,19,20,21). The zero-order chi connectivity index (χ0) is 16.5. The van der Waals surface area contributed by atoms with Crippen LogP contribution < -0.4 is 20.1 Å². The van der Waals surface area contributed by atoms with Gasteiger partial charge < -0.3 is 20.1 Å². The lowest BCUT2D eigenvalue weighted by Gasteiger charge is -2.16. The fourth-order valence-corrected chi connectivity index (χ4v) is 2.95. The van der Waals surface area contributed by atoms with E-state index in [0.717, 1.165) is 36.0 Å². The molecular weight excluding hydrogens is 290 g/mol. The van der Waals surface area contributed by atoms with Crippen LogP contribution >= 0.6 is 0 Å². The molecule has 1 fully saturated rings. The van der Waals surface area contributed by atoms with Crippen LogP contribution in [0.1, 0.15) is 38.2 Å². The molecule has 0 spiro atoms. The monoisotopic (exact) mass is 319 g/mol. The zero-order valence-electron chi connectivity index (χ0n) is 14.5. The molecule has 0 heterocycles. The number of ether oxygens (including phenoxy) is 2. The molecule has 0 aliphatic heterocycles. The highest BCUT2D eigenvalue weighted by Crippen LogP contribution is 2.24. The van der Waals surface area contributed by atoms with Gasteiger partial charge in [0.25, 0.3) is 0 Å². The van der Waals surface area contributed by atoms with Crippen LogP contribution in [0.2, 0.25) is 0 Å². The van der Waals surface area contributed by atoms with Crippen molar-refractivity contribution in [3.8, 4) is 11.5 Å². The van der Waals surface area contributed by atoms with E-state index in [0.29, 0.717) is 12.6 Å². The van der Waals surface area contributed by atoms with Crippen LogP contribution in [-0.2, 0) is 6.42 Å². The van der Waals surface area contributed by atoms with Crippen molar-refractivity contribution in [3.05, 3.63) is 23.8 Å². The number of aliphatic imine (C=N–C) groups is 1. The lowest BCUT2D eigenvalue weighted by molar-refractivity contribution is 0.399. The Bertz CT molecular complexity index is 511. The minimum Gasteiger partial charge on any atom is -0.497 e. The third kappa shape index (κ3) is 5.34. The molecule has 1 aliphatic carbocycles. The summed E-state index contributed by atoms with van der Waals surface area (Å²) in [6.45, 7) is 3.68. The normalized spacial score (nSPS) is 15.5. The third-order valence-corrected chi connectivity index (χ3v) is 4.18. The van der Waals surface area contributed by atoms with Crippen LogP contribution in [-0.4, -0.2) is 39.3 Å². The molecule has 2 rings (SSSR count). The molecule has 23 heavy (non-hydrogen) atoms. The molecule has 1 saturated carbocycles. The first-order chi connectivity index (χ1) is 11.3. The molecule has 0 amide bonds. The van der Waals surface area contributed by atoms with Crippen LogP contribution in [0, 0.1) is 0 Å². The van der Waals surface area contributed by atoms with Crippen LogP contribution in [0.3, 0.4) is 0 Å². The maximum absolute atomic E-state index is 5.42. The van der Waals surface area contributed by atoms with Crippen LogP contribution in [0.5, 0.6) is 11.5 Å². The predicted molar refractivity (Wildman–Crippen MR) is 94.6 cm³/mol. The minimum atomic E-state index is 0.569. The molecule has 0 radical (unpaired) electrons. The van der Waals surface area contributed by atoms with E-state index in [1.807, 2.05) is 18.2 Å². The maximum atomic E-state index is 5.42. The van der Waals surface area contributed by atoms with E-state index in [1.165, 1.54) is 25.7 Å². The van der Waals surface area contributed by atoms with Crippen molar-refractivity contribution in [1.82, 2.24) is 10.6 Å². The number of nitrogens with one attached hydrogen (secondary N) is 2. The fraction of sp³-hybridized carbons (Fsp3) is 0.611. The highest BCUT2D eigenvalue weighted by Gasteiger charge is 2.15. The predicted octanol–water partition coefficient (Wildman–Crippen LogP) is 2.74. The van der Waals surface area contributed by atoms with Gasteiger partial charge in [0.15, 0.2) is 5.96 Å². The molecule has 2 N–H and O–H groups in total. The van der Waals surface area contributed by atoms with E-state index in [-0.39, 0.29) is 0 Å². The van der Waals surface area contributed by atoms with E-state index >= 15 is 0 Å². The van der Waals surface area contributed by atoms with Gasteiger partial charge in [-0.1, -0.05) is 12.8 Å². The van der Waals surface area contributed by atoms with Gasteiger partial charge in [-0.3, -0.25) is 4.99 Å². The number of nitrogens with zero attached hydrogens (tertiary/aromatic N) is 1. The molecule has 0 unspecified atom stereocenters. The average molecular weight is 319 g/mol. The summed E-state index contributed by atoms with van der Waals surface area (Å²) < 4.78 is 10.7. The number of hydrogen-bond donors (Lipinski definition) is 2. The van der Waals surface area contributed by atoms with Gasteiger partial charge in [-0.2, -0.15) is 0 Å². The van der Waals surface area contributed by atoms with E-state index in [2.05, 4.69) is 17.6 Å². The smallest absolute Gasteiger partial charge is 0.191 e. The molecule has 0 atom stereocenters. The molecule has 5 heteroatoms. The summed E-state index contributed by atoms with van der Waals surface area (Å²) in [6.07, 6.45) is 5.94. The summed E-state index contributed by atoms with van der Waals surface area (Å²) in [4.78, 5) is 4.70. The molecular formula is C18H29N3O2. The average Bonchev–Trinajstić information content (AvgIpc) is 3.08. The number of guanidine groups is 1. The Kier molecular flexibility index (Phi) is 7.04. The van der Waals surface area contributed by atoms with Gasteiger partial charge in [0.05, 0.1) is 14.2 Å². The molecule has 1 aromatic rings. The largest absolute Gasteiger partial charge is 0.497 e. The SMILES string of the molecule is CCNC(=NCCc1cc(OC)ccc1OC)NC1CCCC1. The van der Waals surface area contributed by atoms with Crippen molar-refractivity contribution in [2.24, 2.45) is 4.99 Å². The number of rotatable bonds is 7. The zero-order valence-corrected chi connectivity index (χ0v) is 14.5. The Labute approximate surface area is 139 Å². The van der Waals surface area contributed by atoms with Crippen molar-refractivity contribution in [3.63, 3.8) is 0 Å². The fourth-order valence-electron chi connectivity index (χ4n) is 2.95. The van der Waals surface area contributed by atoms with Crippen LogP contribution in [0.25, 0.3) is 0 Å². The quantitative estimate of drug-likeness (QED) is 0.599. The Morgan fingerprint density at radius 3 is 2.65 bits per heavy atom. The summed E-state index contributed by atoms with van der Waals surface area (Å²) in [6, 6.07) is 6.45. The van der Waals surface area contributed by atoms with Gasteiger partial charge in [-0.25, -0.2) is 0 Å². The first-order valence-corrected chi connectivity index (χ1v) is 8.52. The Morgan fingerprint density at radius 1 is 1.22 bits per heavy atom. The topological polar surface area (TPSA) is 54.9 Å². The van der Waals surface area contributed by atoms with E-state index in [1.54, 1.807) is 14.2 Å². The Hall–Kier alpha value is -1.91. The summed E-state index contributed by atoms with van der Waals surface area (Å²) in [5.41, 5.74) is 1.12. The molecule has 5 nitrogen and oxygen atoms in total. The summed E-state index contributed by atoms with van der Waals surface area (Å²) in [5, 5.41) is 6.87. The van der Waals surface area contributed by atoms with E-state index in [4.69, 9.17) is 14.5 Å². The molecule has 0 saturated heterocycles. The van der Waals surface area contributed by atoms with Gasteiger partial charge in [0, 0.05) is 19.1 Å². The van der Waals surface area contributed by atoms with Crippen molar-refractivity contribution < 1.29 is 9.47 Å². The van der Waals surface area contributed by atoms with Gasteiger partial charge in [-0.15, -0.1) is 0 Å². The lowest BCUT2D eigenvalue weighted by atomic mass is 10.1. The first kappa shape index (κ1) is 17.4. The van der Waals surface area contributed by atoms with Crippen molar-refractivity contribution in [1.29, 1.82) is 0 Å². The minimum absolute atomic E-state index is 0.569. The van der Waals surface area contributed by atoms with Crippen LogP contribution in [0.15, 0.2) is 23.2 Å². The highest BCUT2D eigenvalue weighted by atomic mass is 16.5. The second-order valence-corrected chi connectivity index (χ2v) is 5.81. The Morgan fingerprint density at radius 2 is 2.00 bits per heavy atom. The van der Waals surface area contributed by atoms with Crippen molar-refractivity contribution >= 4 is 5.96 Å². The number of methoxy groups -OCH3 is 2. The number of hydrogen-bond acceptors (Lipinski definition) is 3. The maximum Gasteiger partial charge on any atom is 0.191 e. The van der Waals surface area contributed by atoms with Gasteiger partial charge >= 0.3 is 0 Å². The third-order valence-electron chi connectivity index (χ3n) is 4.18. The van der Waals surface area contributed by atoms with Crippen LogP contribution in [0.4, 0.5) is 0 Å². The summed E-state index contributed by atoms with van der Waals surface area (Å²) >= 11 is 0. The molecule has 1 aliphatic rings. The first-order valence-electron chi connectivity index (χ1n) is 8.52. The number of benzene rings is 1. The van der Waals surface area contributed by atoms with E-state index < -0.39 is 0 Å². The summed E-state index contributed by atoms with van der Waals surface area (Å²) in [5.74, 6) is 2.65. The van der Waals surface area contributed by atoms with Crippen molar-refractivity contribution in [2.75, 3.05) is 27.3 Å². The van der Waals surface area contributed by atoms with Gasteiger partial charge in [0.1, 0.15) is 11.5 Å². The second kappa shape index (κ2) is 9.28. The molecule has 128 valence electrons. The molecule has 1 aromatic carbocycles. The van der Waals surface area contributed by atoms with E-state index in [9.17, 15) is 0 Å². The van der Waals surface area contributed by atoms with Crippen molar-refractivity contribution in [2.45, 2.75) is 45.1 Å². The van der Waals surface area contributed by atoms with Gasteiger partial charge in [0.2, 0.25) is 0 Å². The molecule has 0 aromatic heterocycles. The molecule has 0 bridgehead atoms. The highest BCUT2D eigenvalue weighted by molar-refractivity contribution is 5.80. The van der Waals surface area contributed by atoms with Gasteiger partial charge in [-0.05, 0) is 49.9 Å². The lowest BCUT2D eigenvalue weighted by Crippen LogP contribution is -2.42. The second-order valence-electron chi connectivity index (χ2n) is 5.81. The Balaban J connectivity index is 1.96. The summed E-state index contributed by atoms with van der Waals surface area (Å²) in [7, 11) is 3.37.